The number of ether oxygens (including phenoxy) is 1. The fourth-order valence-corrected chi connectivity index (χ4v) is 2.94. The fourth-order valence-electron chi connectivity index (χ4n) is 2.70. The molecule has 1 aliphatic heterocycles. The molecule has 2 rings (SSSR count). The SMILES string of the molecule is CC(=O)c1cc(Cl)cc(CN2C[C@@H](C)O[C@@H](C)C2)c1O. The van der Waals surface area contributed by atoms with Gasteiger partial charge in [-0.25, -0.2) is 0 Å². The molecule has 0 bridgehead atoms. The van der Waals surface area contributed by atoms with Gasteiger partial charge >= 0.3 is 0 Å². The summed E-state index contributed by atoms with van der Waals surface area (Å²) in [5.74, 6) is -0.149. The molecule has 0 aromatic heterocycles. The zero-order valence-electron chi connectivity index (χ0n) is 12.0. The van der Waals surface area contributed by atoms with E-state index in [2.05, 4.69) is 4.90 Å². The largest absolute Gasteiger partial charge is 0.507 e. The van der Waals surface area contributed by atoms with Crippen LogP contribution >= 0.6 is 11.6 Å². The molecule has 1 aliphatic rings. The maximum Gasteiger partial charge on any atom is 0.163 e. The Hall–Kier alpha value is -1.10. The molecule has 1 saturated heterocycles. The maximum absolute atomic E-state index is 11.5. The molecule has 0 amide bonds. The van der Waals surface area contributed by atoms with Gasteiger partial charge < -0.3 is 9.84 Å². The molecule has 20 heavy (non-hydrogen) atoms. The first kappa shape index (κ1) is 15.3. The van der Waals surface area contributed by atoms with Gasteiger partial charge in [0.1, 0.15) is 5.75 Å². The van der Waals surface area contributed by atoms with Crippen LogP contribution in [0, 0.1) is 0 Å². The molecule has 0 unspecified atom stereocenters. The average molecular weight is 298 g/mol. The molecule has 1 heterocycles. The number of halogens is 1. The van der Waals surface area contributed by atoms with Crippen molar-refractivity contribution in [1.82, 2.24) is 4.90 Å². The predicted molar refractivity (Wildman–Crippen MR) is 78.4 cm³/mol. The van der Waals surface area contributed by atoms with Crippen molar-refractivity contribution in [3.63, 3.8) is 0 Å². The Balaban J connectivity index is 2.23. The minimum Gasteiger partial charge on any atom is -0.507 e. The van der Waals surface area contributed by atoms with Crippen molar-refractivity contribution in [1.29, 1.82) is 0 Å². The number of hydrogen-bond acceptors (Lipinski definition) is 4. The van der Waals surface area contributed by atoms with Crippen LogP contribution in [-0.2, 0) is 11.3 Å². The highest BCUT2D eigenvalue weighted by molar-refractivity contribution is 6.31. The molecule has 0 saturated carbocycles. The summed E-state index contributed by atoms with van der Waals surface area (Å²) in [4.78, 5) is 13.7. The zero-order valence-corrected chi connectivity index (χ0v) is 12.8. The molecule has 2 atom stereocenters. The second-order valence-corrected chi connectivity index (χ2v) is 5.91. The molecular weight excluding hydrogens is 278 g/mol. The van der Waals surface area contributed by atoms with Gasteiger partial charge in [-0.15, -0.1) is 0 Å². The van der Waals surface area contributed by atoms with Crippen molar-refractivity contribution in [2.75, 3.05) is 13.1 Å². The summed E-state index contributed by atoms with van der Waals surface area (Å²) < 4.78 is 5.69. The lowest BCUT2D eigenvalue weighted by Crippen LogP contribution is -2.44. The van der Waals surface area contributed by atoms with E-state index in [1.807, 2.05) is 13.8 Å². The molecule has 4 nitrogen and oxygen atoms in total. The molecule has 0 radical (unpaired) electrons. The molecule has 110 valence electrons. The molecule has 1 fully saturated rings. The molecule has 1 N–H and O–H groups in total. The van der Waals surface area contributed by atoms with Gasteiger partial charge in [-0.2, -0.15) is 0 Å². The number of phenols is 1. The van der Waals surface area contributed by atoms with Gasteiger partial charge in [0.25, 0.3) is 0 Å². The minimum absolute atomic E-state index is 0.0358. The summed E-state index contributed by atoms with van der Waals surface area (Å²) >= 11 is 6.03. The third kappa shape index (κ3) is 3.51. The molecule has 0 aliphatic carbocycles. The Morgan fingerprint density at radius 1 is 1.40 bits per heavy atom. The Bertz CT molecular complexity index is 508. The van der Waals surface area contributed by atoms with Gasteiger partial charge in [0.2, 0.25) is 0 Å². The molecule has 5 heteroatoms. The zero-order chi connectivity index (χ0) is 14.9. The quantitative estimate of drug-likeness (QED) is 0.872. The van der Waals surface area contributed by atoms with E-state index < -0.39 is 0 Å². The Morgan fingerprint density at radius 3 is 2.55 bits per heavy atom. The third-order valence-corrected chi connectivity index (χ3v) is 3.64. The number of nitrogens with zero attached hydrogens (tertiary/aromatic N) is 1. The van der Waals surface area contributed by atoms with Crippen LogP contribution in [0.15, 0.2) is 12.1 Å². The highest BCUT2D eigenvalue weighted by atomic mass is 35.5. The summed E-state index contributed by atoms with van der Waals surface area (Å²) in [7, 11) is 0. The van der Waals surface area contributed by atoms with Crippen LogP contribution in [0.4, 0.5) is 0 Å². The van der Waals surface area contributed by atoms with E-state index in [1.165, 1.54) is 13.0 Å². The van der Waals surface area contributed by atoms with E-state index in [4.69, 9.17) is 16.3 Å². The first-order valence-corrected chi connectivity index (χ1v) is 7.14. The normalized spacial score (nSPS) is 23.8. The van der Waals surface area contributed by atoms with Gasteiger partial charge in [-0.05, 0) is 32.9 Å². The predicted octanol–water partition coefficient (Wildman–Crippen LogP) is 2.86. The Labute approximate surface area is 124 Å². The van der Waals surface area contributed by atoms with Crippen LogP contribution in [0.2, 0.25) is 5.02 Å². The summed E-state index contributed by atoms with van der Waals surface area (Å²) in [5, 5.41) is 10.7. The van der Waals surface area contributed by atoms with Crippen molar-refractivity contribution in [2.45, 2.75) is 39.5 Å². The first-order chi connectivity index (χ1) is 9.36. The number of Topliss-reactive ketones (excluding diaryl/α,β-unsaturated/α-hetero) is 1. The number of hydrogen-bond donors (Lipinski definition) is 1. The van der Waals surface area contributed by atoms with Crippen molar-refractivity contribution in [3.05, 3.63) is 28.3 Å². The van der Waals surface area contributed by atoms with Crippen LogP contribution in [-0.4, -0.2) is 41.1 Å². The van der Waals surface area contributed by atoms with E-state index in [9.17, 15) is 9.90 Å². The van der Waals surface area contributed by atoms with E-state index in [0.29, 0.717) is 17.1 Å². The van der Waals surface area contributed by atoms with Crippen LogP contribution in [0.3, 0.4) is 0 Å². The van der Waals surface area contributed by atoms with Crippen LogP contribution in [0.25, 0.3) is 0 Å². The number of rotatable bonds is 3. The third-order valence-electron chi connectivity index (χ3n) is 3.42. The maximum atomic E-state index is 11.5. The summed E-state index contributed by atoms with van der Waals surface area (Å²) in [6.45, 7) is 7.64. The van der Waals surface area contributed by atoms with Gasteiger partial charge in [0.15, 0.2) is 5.78 Å². The number of benzene rings is 1. The molecule has 1 aromatic carbocycles. The number of morpholine rings is 1. The summed E-state index contributed by atoms with van der Waals surface area (Å²) in [5.41, 5.74) is 0.964. The molecule has 0 spiro atoms. The Morgan fingerprint density at radius 2 is 2.00 bits per heavy atom. The number of ketones is 1. The standard InChI is InChI=1S/C15H20ClNO3/c1-9-6-17(7-10(2)20-9)8-12-4-13(16)5-14(11(3)18)15(12)19/h4-5,9-10,19H,6-8H2,1-3H3/t9-,10+. The lowest BCUT2D eigenvalue weighted by molar-refractivity contribution is -0.0706. The van der Waals surface area contributed by atoms with E-state index in [0.717, 1.165) is 13.1 Å². The van der Waals surface area contributed by atoms with E-state index in [-0.39, 0.29) is 29.3 Å². The number of carbonyl (C=O) groups excluding carboxylic acids is 1. The number of phenolic OH excluding ortho intramolecular Hbond substituents is 1. The minimum atomic E-state index is -0.185. The molecular formula is C15H20ClNO3. The Kier molecular flexibility index (Phi) is 4.68. The average Bonchev–Trinajstić information content (AvgIpc) is 2.31. The van der Waals surface area contributed by atoms with E-state index >= 15 is 0 Å². The van der Waals surface area contributed by atoms with Gasteiger partial charge in [-0.3, -0.25) is 9.69 Å². The van der Waals surface area contributed by atoms with Crippen molar-refractivity contribution >= 4 is 17.4 Å². The van der Waals surface area contributed by atoms with Crippen molar-refractivity contribution in [2.24, 2.45) is 0 Å². The first-order valence-electron chi connectivity index (χ1n) is 6.77. The van der Waals surface area contributed by atoms with Gasteiger partial charge in [-0.1, -0.05) is 11.6 Å². The second-order valence-electron chi connectivity index (χ2n) is 5.47. The van der Waals surface area contributed by atoms with Crippen LogP contribution < -0.4 is 0 Å². The number of carbonyl (C=O) groups is 1. The van der Waals surface area contributed by atoms with Crippen LogP contribution in [0.1, 0.15) is 36.7 Å². The lowest BCUT2D eigenvalue weighted by atomic mass is 10.0. The molecule has 1 aromatic rings. The summed E-state index contributed by atoms with van der Waals surface area (Å²) in [6.07, 6.45) is 0.319. The lowest BCUT2D eigenvalue weighted by Gasteiger charge is -2.35. The van der Waals surface area contributed by atoms with E-state index in [1.54, 1.807) is 6.07 Å². The second kappa shape index (κ2) is 6.12. The van der Waals surface area contributed by atoms with Gasteiger partial charge in [0, 0.05) is 30.2 Å². The fraction of sp³-hybridized carbons (Fsp3) is 0.533. The summed E-state index contributed by atoms with van der Waals surface area (Å²) in [6, 6.07) is 3.22. The topological polar surface area (TPSA) is 49.8 Å². The highest BCUT2D eigenvalue weighted by Crippen LogP contribution is 2.29. The number of aromatic hydroxyl groups is 1. The van der Waals surface area contributed by atoms with Crippen molar-refractivity contribution in [3.8, 4) is 5.75 Å². The highest BCUT2D eigenvalue weighted by Gasteiger charge is 2.23. The van der Waals surface area contributed by atoms with Crippen LogP contribution in [0.5, 0.6) is 5.75 Å². The monoisotopic (exact) mass is 297 g/mol. The van der Waals surface area contributed by atoms with Crippen molar-refractivity contribution < 1.29 is 14.6 Å². The van der Waals surface area contributed by atoms with Gasteiger partial charge in [0.05, 0.1) is 17.8 Å². The smallest absolute Gasteiger partial charge is 0.163 e.